The summed E-state index contributed by atoms with van der Waals surface area (Å²) in [5, 5.41) is 4.07. The van der Waals surface area contributed by atoms with E-state index in [2.05, 4.69) is 17.1 Å². The number of ether oxygens (including phenoxy) is 1. The first-order valence-corrected chi connectivity index (χ1v) is 9.61. The molecule has 28 heavy (non-hydrogen) atoms. The van der Waals surface area contributed by atoms with Crippen molar-refractivity contribution in [3.63, 3.8) is 0 Å². The molecule has 0 radical (unpaired) electrons. The highest BCUT2D eigenvalue weighted by molar-refractivity contribution is 5.79. The molecule has 0 bridgehead atoms. The van der Waals surface area contributed by atoms with Crippen molar-refractivity contribution in [1.82, 2.24) is 15.0 Å². The van der Waals surface area contributed by atoms with E-state index in [1.54, 1.807) is 0 Å². The monoisotopic (exact) mass is 377 g/mol. The number of rotatable bonds is 7. The van der Waals surface area contributed by atoms with Crippen molar-refractivity contribution in [1.29, 1.82) is 0 Å². The average Bonchev–Trinajstić information content (AvgIpc) is 3.36. The van der Waals surface area contributed by atoms with E-state index >= 15 is 0 Å². The van der Waals surface area contributed by atoms with Crippen LogP contribution in [0.1, 0.15) is 37.1 Å². The smallest absolute Gasteiger partial charge is 0.232 e. The first-order valence-electron chi connectivity index (χ1n) is 9.61. The van der Waals surface area contributed by atoms with Crippen molar-refractivity contribution in [2.24, 2.45) is 0 Å². The maximum Gasteiger partial charge on any atom is 0.232 e. The van der Waals surface area contributed by atoms with Gasteiger partial charge >= 0.3 is 0 Å². The van der Waals surface area contributed by atoms with Crippen LogP contribution in [-0.2, 0) is 11.3 Å². The summed E-state index contributed by atoms with van der Waals surface area (Å²) in [6.07, 6.45) is 1.38. The molecule has 0 saturated carbocycles. The number of hydrogen-bond acceptors (Lipinski definition) is 5. The van der Waals surface area contributed by atoms with Crippen LogP contribution in [0.3, 0.4) is 0 Å². The highest BCUT2D eigenvalue weighted by atomic mass is 16.5. The van der Waals surface area contributed by atoms with E-state index in [0.29, 0.717) is 37.8 Å². The molecule has 1 amide bonds. The van der Waals surface area contributed by atoms with E-state index in [1.165, 1.54) is 0 Å². The van der Waals surface area contributed by atoms with Crippen LogP contribution in [-0.4, -0.2) is 34.1 Å². The molecule has 3 aromatic rings. The van der Waals surface area contributed by atoms with Gasteiger partial charge in [-0.1, -0.05) is 54.5 Å². The van der Waals surface area contributed by atoms with E-state index in [-0.39, 0.29) is 11.8 Å². The minimum absolute atomic E-state index is 0.0652. The van der Waals surface area contributed by atoms with Crippen molar-refractivity contribution < 1.29 is 14.1 Å². The van der Waals surface area contributed by atoms with E-state index in [9.17, 15) is 4.79 Å². The van der Waals surface area contributed by atoms with Crippen LogP contribution in [0, 0.1) is 0 Å². The Morgan fingerprint density at radius 3 is 2.68 bits per heavy atom. The molecule has 144 valence electrons. The van der Waals surface area contributed by atoms with Crippen LogP contribution in [0.2, 0.25) is 0 Å². The number of nitrogens with zero attached hydrogens (tertiary/aromatic N) is 3. The van der Waals surface area contributed by atoms with Gasteiger partial charge in [0.2, 0.25) is 17.6 Å². The molecule has 1 aliphatic heterocycles. The van der Waals surface area contributed by atoms with Gasteiger partial charge < -0.3 is 14.2 Å². The Hall–Kier alpha value is -3.15. The molecule has 4 rings (SSSR count). The molecule has 2 heterocycles. The molecule has 1 atom stereocenters. The van der Waals surface area contributed by atoms with Crippen molar-refractivity contribution >= 4 is 5.91 Å². The Morgan fingerprint density at radius 2 is 1.93 bits per heavy atom. The first kappa shape index (κ1) is 18.2. The summed E-state index contributed by atoms with van der Waals surface area (Å²) in [6, 6.07) is 17.6. The lowest BCUT2D eigenvalue weighted by Crippen LogP contribution is -2.24. The zero-order valence-electron chi connectivity index (χ0n) is 15.9. The molecular formula is C22H23N3O3. The van der Waals surface area contributed by atoms with Crippen LogP contribution in [0.25, 0.3) is 11.4 Å². The fourth-order valence-electron chi connectivity index (χ4n) is 3.33. The van der Waals surface area contributed by atoms with Crippen LogP contribution in [0.5, 0.6) is 5.75 Å². The quantitative estimate of drug-likeness (QED) is 0.621. The van der Waals surface area contributed by atoms with Gasteiger partial charge in [0, 0.05) is 25.1 Å². The minimum Gasteiger partial charge on any atom is -0.494 e. The average molecular weight is 377 g/mol. The predicted molar refractivity (Wildman–Crippen MR) is 105 cm³/mol. The van der Waals surface area contributed by atoms with Crippen molar-refractivity contribution in [3.05, 3.63) is 66.1 Å². The van der Waals surface area contributed by atoms with Gasteiger partial charge in [-0.15, -0.1) is 0 Å². The van der Waals surface area contributed by atoms with Crippen molar-refractivity contribution in [2.45, 2.75) is 32.2 Å². The van der Waals surface area contributed by atoms with Gasteiger partial charge in [-0.2, -0.15) is 4.98 Å². The number of aromatic nitrogens is 2. The molecule has 6 heteroatoms. The fraction of sp³-hybridized carbons (Fsp3) is 0.318. The van der Waals surface area contributed by atoms with Crippen LogP contribution >= 0.6 is 0 Å². The predicted octanol–water partition coefficient (Wildman–Crippen LogP) is 4.04. The standard InChI is InChI=1S/C22H23N3O3/c1-2-12-27-19-10-8-16(9-11-19)14-25-15-18(13-20(25)26)22-23-21(24-28-22)17-6-4-3-5-7-17/h3-11,18H,2,12-15H2,1H3. The lowest BCUT2D eigenvalue weighted by molar-refractivity contribution is -0.128. The first-order chi connectivity index (χ1) is 13.7. The van der Waals surface area contributed by atoms with E-state index in [4.69, 9.17) is 9.26 Å². The van der Waals surface area contributed by atoms with Gasteiger partial charge in [-0.3, -0.25) is 4.79 Å². The van der Waals surface area contributed by atoms with Gasteiger partial charge in [0.25, 0.3) is 0 Å². The molecule has 0 aliphatic carbocycles. The molecular weight excluding hydrogens is 354 g/mol. The largest absolute Gasteiger partial charge is 0.494 e. The third-order valence-corrected chi connectivity index (χ3v) is 4.81. The lowest BCUT2D eigenvalue weighted by Gasteiger charge is -2.16. The second-order valence-electron chi connectivity index (χ2n) is 6.99. The molecule has 1 fully saturated rings. The number of hydrogen-bond donors (Lipinski definition) is 0. The number of carbonyl (C=O) groups is 1. The summed E-state index contributed by atoms with van der Waals surface area (Å²) in [5.74, 6) is 1.98. The summed E-state index contributed by atoms with van der Waals surface area (Å²) in [7, 11) is 0. The molecule has 0 spiro atoms. The van der Waals surface area contributed by atoms with Gasteiger partial charge in [0.05, 0.1) is 12.5 Å². The fourth-order valence-corrected chi connectivity index (χ4v) is 3.33. The highest BCUT2D eigenvalue weighted by Crippen LogP contribution is 2.29. The van der Waals surface area contributed by atoms with Gasteiger partial charge in [-0.05, 0) is 24.1 Å². The molecule has 6 nitrogen and oxygen atoms in total. The van der Waals surface area contributed by atoms with Gasteiger partial charge in [0.15, 0.2) is 0 Å². The molecule has 0 N–H and O–H groups in total. The number of likely N-dealkylation sites (tertiary alicyclic amines) is 1. The van der Waals surface area contributed by atoms with Crippen molar-refractivity contribution in [3.8, 4) is 17.1 Å². The van der Waals surface area contributed by atoms with Gasteiger partial charge in [-0.25, -0.2) is 0 Å². The van der Waals surface area contributed by atoms with E-state index in [0.717, 1.165) is 23.3 Å². The summed E-state index contributed by atoms with van der Waals surface area (Å²) >= 11 is 0. The summed E-state index contributed by atoms with van der Waals surface area (Å²) in [6.45, 7) is 3.95. The SMILES string of the molecule is CCCOc1ccc(CN2CC(c3nc(-c4ccccc4)no3)CC2=O)cc1. The molecule has 1 unspecified atom stereocenters. The van der Waals surface area contributed by atoms with Crippen molar-refractivity contribution in [2.75, 3.05) is 13.2 Å². The Balaban J connectivity index is 1.39. The summed E-state index contributed by atoms with van der Waals surface area (Å²) in [5.41, 5.74) is 1.98. The molecule has 1 saturated heterocycles. The maximum atomic E-state index is 12.5. The van der Waals surface area contributed by atoms with E-state index in [1.807, 2.05) is 59.5 Å². The number of amides is 1. The molecule has 1 aromatic heterocycles. The van der Waals surface area contributed by atoms with Crippen LogP contribution < -0.4 is 4.74 Å². The topological polar surface area (TPSA) is 68.5 Å². The Morgan fingerprint density at radius 1 is 1.14 bits per heavy atom. The second kappa shape index (κ2) is 8.25. The Bertz CT molecular complexity index is 922. The Kier molecular flexibility index (Phi) is 5.37. The summed E-state index contributed by atoms with van der Waals surface area (Å²) in [4.78, 5) is 18.8. The third kappa shape index (κ3) is 4.06. The third-order valence-electron chi connectivity index (χ3n) is 4.81. The zero-order chi connectivity index (χ0) is 19.3. The molecule has 1 aliphatic rings. The minimum atomic E-state index is -0.0652. The number of benzene rings is 2. The lowest BCUT2D eigenvalue weighted by atomic mass is 10.1. The molecule has 2 aromatic carbocycles. The summed E-state index contributed by atoms with van der Waals surface area (Å²) < 4.78 is 11.1. The highest BCUT2D eigenvalue weighted by Gasteiger charge is 2.34. The van der Waals surface area contributed by atoms with E-state index < -0.39 is 0 Å². The normalized spacial score (nSPS) is 16.5. The van der Waals surface area contributed by atoms with Gasteiger partial charge in [0.1, 0.15) is 5.75 Å². The van der Waals surface area contributed by atoms with Crippen LogP contribution in [0.4, 0.5) is 0 Å². The number of carbonyl (C=O) groups excluding carboxylic acids is 1. The van der Waals surface area contributed by atoms with Crippen LogP contribution in [0.15, 0.2) is 59.1 Å². The second-order valence-corrected chi connectivity index (χ2v) is 6.99. The zero-order valence-corrected chi connectivity index (χ0v) is 15.9. The maximum absolute atomic E-state index is 12.5. The Labute approximate surface area is 164 Å².